The summed E-state index contributed by atoms with van der Waals surface area (Å²) in [7, 11) is 0. The number of hydrogen-bond acceptors (Lipinski definition) is 6. The molecule has 1 unspecified atom stereocenters. The van der Waals surface area contributed by atoms with Gasteiger partial charge in [0, 0.05) is 56.4 Å². The number of rotatable bonds is 7. The minimum Gasteiger partial charge on any atom is -0.508 e. The van der Waals surface area contributed by atoms with Gasteiger partial charge >= 0.3 is 0 Å². The van der Waals surface area contributed by atoms with Crippen molar-refractivity contribution in [3.8, 4) is 5.75 Å². The van der Waals surface area contributed by atoms with Crippen molar-refractivity contribution in [1.82, 2.24) is 10.2 Å². The van der Waals surface area contributed by atoms with Crippen LogP contribution < -0.4 is 15.5 Å². The number of benzene rings is 4. The summed E-state index contributed by atoms with van der Waals surface area (Å²) in [5.41, 5.74) is 8.62. The number of anilines is 2. The first-order valence-corrected chi connectivity index (χ1v) is 16.1. The van der Waals surface area contributed by atoms with E-state index in [4.69, 9.17) is 0 Å². The summed E-state index contributed by atoms with van der Waals surface area (Å²) in [6, 6.07) is 33.7. The largest absolute Gasteiger partial charge is 0.508 e. The van der Waals surface area contributed by atoms with Gasteiger partial charge in [-0.25, -0.2) is 0 Å². The van der Waals surface area contributed by atoms with Crippen LogP contribution in [0, 0.1) is 0 Å². The van der Waals surface area contributed by atoms with Gasteiger partial charge in [-0.2, -0.15) is 0 Å². The number of hydrogen-bond donors (Lipinski definition) is 3. The highest BCUT2D eigenvalue weighted by Gasteiger charge is 2.32. The molecule has 2 amide bonds. The fourth-order valence-corrected chi connectivity index (χ4v) is 7.39. The predicted molar refractivity (Wildman–Crippen MR) is 178 cm³/mol. The molecule has 0 spiro atoms. The maximum atomic E-state index is 12.3. The van der Waals surface area contributed by atoms with Gasteiger partial charge in [0.2, 0.25) is 11.8 Å². The van der Waals surface area contributed by atoms with Gasteiger partial charge in [0.25, 0.3) is 0 Å². The van der Waals surface area contributed by atoms with Crippen LogP contribution in [0.2, 0.25) is 0 Å². The molecule has 3 N–H and O–H groups in total. The maximum Gasteiger partial charge on any atom is 0.249 e. The number of carbonyl (C=O) groups is 2. The van der Waals surface area contributed by atoms with Crippen LogP contribution in [0.25, 0.3) is 0 Å². The smallest absolute Gasteiger partial charge is 0.249 e. The summed E-state index contributed by atoms with van der Waals surface area (Å²) in [6.07, 6.45) is 2.90. The van der Waals surface area contributed by atoms with E-state index in [1.807, 2.05) is 30.3 Å². The molecular weight excluding hydrogens is 560 g/mol. The average Bonchev–Trinajstić information content (AvgIpc) is 3.07. The fourth-order valence-electron chi connectivity index (χ4n) is 7.39. The number of piperazine rings is 1. The van der Waals surface area contributed by atoms with Crippen molar-refractivity contribution in [3.05, 3.63) is 125 Å². The molecule has 230 valence electrons. The Labute approximate surface area is 264 Å². The van der Waals surface area contributed by atoms with E-state index in [2.05, 4.69) is 87.2 Å². The standard InChI is InChI=1S/C38H40N4O3/c43-31-15-17-33-28(24-31)12-16-32(26-6-2-1-3-7-26)37(33)27-10-13-30(14-11-27)42-22-20-41(21-23-42)25-29-8-4-5-9-34(29)39-35-18-19-36(44)40-38(35)45/h1-11,13-15,17,24,32,35,37,39,43H,12,16,18-23,25H2,(H,40,44,45)/t32-,35?,37+/m1/s1. The van der Waals surface area contributed by atoms with E-state index in [9.17, 15) is 14.7 Å². The number of fused-ring (bicyclic) bond motifs is 1. The Morgan fingerprint density at radius 1 is 0.778 bits per heavy atom. The summed E-state index contributed by atoms with van der Waals surface area (Å²) < 4.78 is 0. The third kappa shape index (κ3) is 6.31. The molecule has 3 aliphatic rings. The lowest BCUT2D eigenvalue weighted by molar-refractivity contribution is -0.133. The van der Waals surface area contributed by atoms with E-state index in [0.29, 0.717) is 24.5 Å². The second kappa shape index (κ2) is 12.8. The summed E-state index contributed by atoms with van der Waals surface area (Å²) in [4.78, 5) is 28.8. The molecule has 45 heavy (non-hydrogen) atoms. The van der Waals surface area contributed by atoms with Crippen molar-refractivity contribution in [2.24, 2.45) is 0 Å². The molecule has 7 heteroatoms. The van der Waals surface area contributed by atoms with Crippen LogP contribution in [-0.4, -0.2) is 54.0 Å². The number of nitrogens with one attached hydrogen (secondary N) is 2. The highest BCUT2D eigenvalue weighted by atomic mass is 16.3. The Morgan fingerprint density at radius 3 is 2.31 bits per heavy atom. The number of aryl methyl sites for hydroxylation is 1. The normalized spacial score (nSPS) is 22.0. The predicted octanol–water partition coefficient (Wildman–Crippen LogP) is 5.79. The lowest BCUT2D eigenvalue weighted by Crippen LogP contribution is -2.48. The first-order valence-electron chi connectivity index (χ1n) is 16.1. The molecule has 2 fully saturated rings. The first kappa shape index (κ1) is 29.1. The molecule has 7 nitrogen and oxygen atoms in total. The van der Waals surface area contributed by atoms with Crippen molar-refractivity contribution < 1.29 is 14.7 Å². The minimum atomic E-state index is -0.388. The minimum absolute atomic E-state index is 0.198. The zero-order valence-corrected chi connectivity index (χ0v) is 25.5. The fraction of sp³-hybridized carbons (Fsp3) is 0.316. The molecule has 7 rings (SSSR count). The topological polar surface area (TPSA) is 84.9 Å². The van der Waals surface area contributed by atoms with Crippen molar-refractivity contribution >= 4 is 23.2 Å². The van der Waals surface area contributed by atoms with Crippen LogP contribution in [0.5, 0.6) is 5.75 Å². The van der Waals surface area contributed by atoms with Crippen LogP contribution in [0.3, 0.4) is 0 Å². The molecule has 2 saturated heterocycles. The zero-order valence-electron chi connectivity index (χ0n) is 25.5. The Morgan fingerprint density at radius 2 is 1.53 bits per heavy atom. The monoisotopic (exact) mass is 600 g/mol. The Balaban J connectivity index is 1.02. The molecule has 0 radical (unpaired) electrons. The first-order chi connectivity index (χ1) is 22.0. The molecule has 3 atom stereocenters. The SMILES string of the molecule is O=C1CCC(Nc2ccccc2CN2CCN(c3ccc([C@@H]4c5ccc(O)cc5CC[C@@H]4c4ccccc4)cc3)CC2)C(=O)N1. The summed E-state index contributed by atoms with van der Waals surface area (Å²) >= 11 is 0. The third-order valence-electron chi connectivity index (χ3n) is 9.79. The number of aromatic hydroxyl groups is 1. The summed E-state index contributed by atoms with van der Waals surface area (Å²) in [5, 5.41) is 16.0. The lowest BCUT2D eigenvalue weighted by Gasteiger charge is -2.37. The molecular formula is C38H40N4O3. The van der Waals surface area contributed by atoms with Gasteiger partial charge in [-0.05, 0) is 83.3 Å². The lowest BCUT2D eigenvalue weighted by atomic mass is 9.69. The van der Waals surface area contributed by atoms with E-state index < -0.39 is 0 Å². The van der Waals surface area contributed by atoms with Gasteiger partial charge in [-0.3, -0.25) is 19.8 Å². The molecule has 2 aliphatic heterocycles. The van der Waals surface area contributed by atoms with Gasteiger partial charge in [-0.1, -0.05) is 66.7 Å². The van der Waals surface area contributed by atoms with Crippen molar-refractivity contribution in [2.75, 3.05) is 36.4 Å². The third-order valence-corrected chi connectivity index (χ3v) is 9.79. The Kier molecular flexibility index (Phi) is 8.27. The second-order valence-corrected chi connectivity index (χ2v) is 12.6. The quantitative estimate of drug-likeness (QED) is 0.233. The highest BCUT2D eigenvalue weighted by Crippen LogP contribution is 2.47. The zero-order chi connectivity index (χ0) is 30.8. The number of para-hydroxylation sites is 1. The van der Waals surface area contributed by atoms with Gasteiger partial charge in [0.15, 0.2) is 0 Å². The van der Waals surface area contributed by atoms with Crippen molar-refractivity contribution in [3.63, 3.8) is 0 Å². The number of carbonyl (C=O) groups excluding carboxylic acids is 2. The molecule has 4 aromatic rings. The number of piperidine rings is 1. The van der Waals surface area contributed by atoms with Crippen LogP contribution >= 0.6 is 0 Å². The molecule has 0 bridgehead atoms. The number of amides is 2. The Bertz CT molecular complexity index is 1660. The number of phenols is 1. The van der Waals surface area contributed by atoms with Crippen LogP contribution in [0.1, 0.15) is 58.9 Å². The number of imide groups is 1. The van der Waals surface area contributed by atoms with Gasteiger partial charge in [0.05, 0.1) is 0 Å². The number of nitrogens with zero attached hydrogens (tertiary/aromatic N) is 2. The summed E-state index contributed by atoms with van der Waals surface area (Å²) in [6.45, 7) is 4.59. The van der Waals surface area contributed by atoms with Crippen molar-refractivity contribution in [1.29, 1.82) is 0 Å². The summed E-state index contributed by atoms with van der Waals surface area (Å²) in [5.74, 6) is 0.537. The van der Waals surface area contributed by atoms with E-state index in [1.165, 1.54) is 27.9 Å². The van der Waals surface area contributed by atoms with Crippen LogP contribution in [0.4, 0.5) is 11.4 Å². The number of phenolic OH excluding ortho intramolecular Hbond substituents is 1. The molecule has 0 aromatic heterocycles. The molecule has 2 heterocycles. The maximum absolute atomic E-state index is 12.3. The van der Waals surface area contributed by atoms with E-state index >= 15 is 0 Å². The molecule has 1 aliphatic carbocycles. The second-order valence-electron chi connectivity index (χ2n) is 12.6. The van der Waals surface area contributed by atoms with Gasteiger partial charge in [0.1, 0.15) is 11.8 Å². The van der Waals surface area contributed by atoms with Gasteiger partial charge in [-0.15, -0.1) is 0 Å². The molecule has 4 aromatic carbocycles. The van der Waals surface area contributed by atoms with Crippen LogP contribution in [-0.2, 0) is 22.6 Å². The Hall–Kier alpha value is -4.62. The van der Waals surface area contributed by atoms with Gasteiger partial charge < -0.3 is 15.3 Å². The highest BCUT2D eigenvalue weighted by molar-refractivity contribution is 6.01. The van der Waals surface area contributed by atoms with E-state index in [0.717, 1.165) is 56.8 Å². The van der Waals surface area contributed by atoms with E-state index in [-0.39, 0.29) is 23.8 Å². The van der Waals surface area contributed by atoms with Crippen LogP contribution in [0.15, 0.2) is 97.1 Å². The van der Waals surface area contributed by atoms with Crippen molar-refractivity contribution in [2.45, 2.75) is 50.1 Å². The molecule has 0 saturated carbocycles. The van der Waals surface area contributed by atoms with E-state index in [1.54, 1.807) is 0 Å². The average molecular weight is 601 g/mol.